The minimum atomic E-state index is -0.401. The van der Waals surface area contributed by atoms with Gasteiger partial charge in [0, 0.05) is 45.5 Å². The first-order valence-electron chi connectivity index (χ1n) is 10.3. The first kappa shape index (κ1) is 20.8. The van der Waals surface area contributed by atoms with Crippen molar-refractivity contribution >= 4 is 29.1 Å². The largest absolute Gasteiger partial charge is 0.469 e. The minimum absolute atomic E-state index is 0.0784. The normalized spacial score (nSPS) is 17.5. The Bertz CT molecular complexity index is 926. The van der Waals surface area contributed by atoms with Crippen LogP contribution < -0.4 is 14.7 Å². The van der Waals surface area contributed by atoms with Gasteiger partial charge in [-0.1, -0.05) is 6.07 Å². The molecule has 4 rings (SSSR count). The molecule has 2 aliphatic heterocycles. The second-order valence-corrected chi connectivity index (χ2v) is 7.57. The fourth-order valence-electron chi connectivity index (χ4n) is 4.17. The SMILES string of the molecule is COC(=O)C1CCN(c2ncnc(N3CCN(c4ccccn4)CC3)c2[N+](=O)[O-])CC1. The van der Waals surface area contributed by atoms with E-state index in [0.717, 1.165) is 5.82 Å². The van der Waals surface area contributed by atoms with E-state index in [2.05, 4.69) is 19.9 Å². The number of ether oxygens (including phenoxy) is 1. The van der Waals surface area contributed by atoms with Crippen molar-refractivity contribution in [3.8, 4) is 0 Å². The lowest BCUT2D eigenvalue weighted by Gasteiger charge is -2.36. The number of hydrogen-bond donors (Lipinski definition) is 0. The fraction of sp³-hybridized carbons (Fsp3) is 0.500. The molecule has 4 heterocycles. The third kappa shape index (κ3) is 4.35. The molecule has 2 fully saturated rings. The number of carbonyl (C=O) groups is 1. The Morgan fingerprint density at radius 1 is 1.00 bits per heavy atom. The fourth-order valence-corrected chi connectivity index (χ4v) is 4.17. The summed E-state index contributed by atoms with van der Waals surface area (Å²) < 4.78 is 4.83. The monoisotopic (exact) mass is 427 g/mol. The zero-order valence-corrected chi connectivity index (χ0v) is 17.4. The molecule has 2 aliphatic rings. The molecule has 0 aromatic carbocycles. The molecule has 0 bridgehead atoms. The van der Waals surface area contributed by atoms with Crippen LogP contribution in [0.5, 0.6) is 0 Å². The van der Waals surface area contributed by atoms with Crippen molar-refractivity contribution in [2.24, 2.45) is 5.92 Å². The van der Waals surface area contributed by atoms with Crippen molar-refractivity contribution in [1.82, 2.24) is 15.0 Å². The number of anilines is 3. The Kier molecular flexibility index (Phi) is 6.10. The van der Waals surface area contributed by atoms with Crippen LogP contribution in [0.1, 0.15) is 12.8 Å². The van der Waals surface area contributed by atoms with Crippen LogP contribution in [0.2, 0.25) is 0 Å². The van der Waals surface area contributed by atoms with E-state index in [-0.39, 0.29) is 17.6 Å². The maximum absolute atomic E-state index is 12.0. The van der Waals surface area contributed by atoms with Crippen molar-refractivity contribution in [3.05, 3.63) is 40.8 Å². The van der Waals surface area contributed by atoms with E-state index in [0.29, 0.717) is 63.7 Å². The highest BCUT2D eigenvalue weighted by Gasteiger charge is 2.34. The van der Waals surface area contributed by atoms with Crippen molar-refractivity contribution in [1.29, 1.82) is 0 Å². The van der Waals surface area contributed by atoms with E-state index < -0.39 is 4.92 Å². The Morgan fingerprint density at radius 2 is 1.61 bits per heavy atom. The summed E-state index contributed by atoms with van der Waals surface area (Å²) in [5.41, 5.74) is -0.0784. The number of piperidine rings is 1. The lowest BCUT2D eigenvalue weighted by molar-refractivity contribution is -0.383. The highest BCUT2D eigenvalue weighted by atomic mass is 16.6. The molecule has 0 unspecified atom stereocenters. The van der Waals surface area contributed by atoms with Crippen LogP contribution in [0.25, 0.3) is 0 Å². The summed E-state index contributed by atoms with van der Waals surface area (Å²) in [6.45, 7) is 3.58. The van der Waals surface area contributed by atoms with Gasteiger partial charge < -0.3 is 19.4 Å². The van der Waals surface area contributed by atoms with Gasteiger partial charge in [-0.3, -0.25) is 14.9 Å². The van der Waals surface area contributed by atoms with Gasteiger partial charge >= 0.3 is 11.7 Å². The molecule has 0 atom stereocenters. The zero-order chi connectivity index (χ0) is 21.8. The summed E-state index contributed by atoms with van der Waals surface area (Å²) in [4.78, 5) is 42.2. The van der Waals surface area contributed by atoms with E-state index in [1.807, 2.05) is 28.0 Å². The third-order valence-electron chi connectivity index (χ3n) is 5.85. The van der Waals surface area contributed by atoms with Gasteiger partial charge in [0.15, 0.2) is 0 Å². The highest BCUT2D eigenvalue weighted by molar-refractivity contribution is 5.74. The average Bonchev–Trinajstić information content (AvgIpc) is 2.83. The number of rotatable bonds is 5. The molecule has 2 aromatic rings. The first-order valence-corrected chi connectivity index (χ1v) is 10.3. The van der Waals surface area contributed by atoms with Gasteiger partial charge in [0.2, 0.25) is 11.6 Å². The molecule has 164 valence electrons. The van der Waals surface area contributed by atoms with Crippen LogP contribution in [-0.4, -0.2) is 72.2 Å². The molecular weight excluding hydrogens is 402 g/mol. The molecular formula is C20H25N7O4. The summed E-state index contributed by atoms with van der Waals surface area (Å²) >= 11 is 0. The maximum atomic E-state index is 12.0. The number of nitro groups is 1. The van der Waals surface area contributed by atoms with Crippen molar-refractivity contribution < 1.29 is 14.5 Å². The van der Waals surface area contributed by atoms with E-state index >= 15 is 0 Å². The van der Waals surface area contributed by atoms with Gasteiger partial charge in [-0.2, -0.15) is 0 Å². The van der Waals surface area contributed by atoms with E-state index in [1.165, 1.54) is 13.4 Å². The van der Waals surface area contributed by atoms with Gasteiger partial charge in [0.1, 0.15) is 12.1 Å². The Hall–Kier alpha value is -3.50. The predicted molar refractivity (Wildman–Crippen MR) is 114 cm³/mol. The van der Waals surface area contributed by atoms with Crippen molar-refractivity contribution in [2.45, 2.75) is 12.8 Å². The summed E-state index contributed by atoms with van der Waals surface area (Å²) in [5, 5.41) is 12.0. The highest BCUT2D eigenvalue weighted by Crippen LogP contribution is 2.36. The summed E-state index contributed by atoms with van der Waals surface area (Å²) in [7, 11) is 1.38. The van der Waals surface area contributed by atoms with Gasteiger partial charge in [0.05, 0.1) is 18.0 Å². The Balaban J connectivity index is 1.51. The maximum Gasteiger partial charge on any atom is 0.353 e. The third-order valence-corrected chi connectivity index (χ3v) is 5.85. The molecule has 11 heteroatoms. The van der Waals surface area contributed by atoms with E-state index in [4.69, 9.17) is 4.74 Å². The van der Waals surface area contributed by atoms with Crippen molar-refractivity contribution in [2.75, 3.05) is 61.1 Å². The molecule has 2 saturated heterocycles. The van der Waals surface area contributed by atoms with Crippen molar-refractivity contribution in [3.63, 3.8) is 0 Å². The van der Waals surface area contributed by atoms with E-state index in [1.54, 1.807) is 6.20 Å². The van der Waals surface area contributed by atoms with Gasteiger partial charge in [-0.05, 0) is 25.0 Å². The quantitative estimate of drug-likeness (QED) is 0.394. The second-order valence-electron chi connectivity index (χ2n) is 7.57. The number of aromatic nitrogens is 3. The Labute approximate surface area is 179 Å². The smallest absolute Gasteiger partial charge is 0.353 e. The topological polar surface area (TPSA) is 118 Å². The van der Waals surface area contributed by atoms with Crippen LogP contribution in [-0.2, 0) is 9.53 Å². The minimum Gasteiger partial charge on any atom is -0.469 e. The molecule has 0 radical (unpaired) electrons. The van der Waals surface area contributed by atoms with Gasteiger partial charge in [-0.25, -0.2) is 15.0 Å². The number of esters is 1. The number of carbonyl (C=O) groups excluding carboxylic acids is 1. The summed E-state index contributed by atoms with van der Waals surface area (Å²) in [6, 6.07) is 5.78. The van der Waals surface area contributed by atoms with Gasteiger partial charge in [-0.15, -0.1) is 0 Å². The number of nitrogens with zero attached hydrogens (tertiary/aromatic N) is 7. The van der Waals surface area contributed by atoms with Gasteiger partial charge in [0.25, 0.3) is 0 Å². The lowest BCUT2D eigenvalue weighted by Crippen LogP contribution is -2.47. The number of piperazine rings is 1. The molecule has 2 aromatic heterocycles. The van der Waals surface area contributed by atoms with Crippen LogP contribution in [0.3, 0.4) is 0 Å². The molecule has 0 saturated carbocycles. The number of hydrogen-bond acceptors (Lipinski definition) is 10. The average molecular weight is 427 g/mol. The number of methoxy groups -OCH3 is 1. The molecule has 11 nitrogen and oxygen atoms in total. The molecule has 0 amide bonds. The van der Waals surface area contributed by atoms with Crippen LogP contribution in [0, 0.1) is 16.0 Å². The molecule has 0 aliphatic carbocycles. The second kappa shape index (κ2) is 9.11. The summed E-state index contributed by atoms with van der Waals surface area (Å²) in [6.07, 6.45) is 4.29. The molecule has 31 heavy (non-hydrogen) atoms. The van der Waals surface area contributed by atoms with Crippen LogP contribution in [0.15, 0.2) is 30.7 Å². The first-order chi connectivity index (χ1) is 15.1. The Morgan fingerprint density at radius 3 is 2.16 bits per heavy atom. The standard InChI is InChI=1S/C20H25N7O4/c1-31-20(28)15-5-8-25(9-6-15)18-17(27(29)30)19(23-14-22-18)26-12-10-24(11-13-26)16-4-2-3-7-21-16/h2-4,7,14-15H,5-6,8-13H2,1H3. The van der Waals surface area contributed by atoms with Crippen LogP contribution in [0.4, 0.5) is 23.1 Å². The molecule has 0 N–H and O–H groups in total. The number of pyridine rings is 1. The van der Waals surface area contributed by atoms with E-state index in [9.17, 15) is 14.9 Å². The predicted octanol–water partition coefficient (Wildman–Crippen LogP) is 1.50. The zero-order valence-electron chi connectivity index (χ0n) is 17.4. The molecule has 0 spiro atoms. The summed E-state index contributed by atoms with van der Waals surface area (Å²) in [5.74, 6) is 1.13. The van der Waals surface area contributed by atoms with Crippen LogP contribution >= 0.6 is 0 Å². The lowest BCUT2D eigenvalue weighted by atomic mass is 9.97.